The predicted octanol–water partition coefficient (Wildman–Crippen LogP) is 3.28. The van der Waals surface area contributed by atoms with Gasteiger partial charge in [-0.3, -0.25) is 4.79 Å². The van der Waals surface area contributed by atoms with E-state index >= 15 is 0 Å². The Kier molecular flexibility index (Phi) is 5.25. The van der Waals surface area contributed by atoms with Crippen LogP contribution in [-0.4, -0.2) is 38.3 Å². The summed E-state index contributed by atoms with van der Waals surface area (Å²) >= 11 is 0. The van der Waals surface area contributed by atoms with Crippen molar-refractivity contribution in [3.63, 3.8) is 0 Å². The fourth-order valence-electron chi connectivity index (χ4n) is 3.35. The van der Waals surface area contributed by atoms with E-state index in [1.807, 2.05) is 39.0 Å². The van der Waals surface area contributed by atoms with Crippen molar-refractivity contribution in [2.24, 2.45) is 0 Å². The van der Waals surface area contributed by atoms with E-state index < -0.39 is 15.6 Å². The first kappa shape index (κ1) is 20.4. The number of carbonyl (C=O) groups excluding carboxylic acids is 1. The van der Waals surface area contributed by atoms with Crippen LogP contribution in [0.3, 0.4) is 0 Å². The minimum absolute atomic E-state index is 0.0914. The molecule has 1 aliphatic rings. The highest BCUT2D eigenvalue weighted by molar-refractivity contribution is 7.89. The Morgan fingerprint density at radius 2 is 1.89 bits per heavy atom. The lowest BCUT2D eigenvalue weighted by atomic mass is 9.88. The zero-order valence-corrected chi connectivity index (χ0v) is 17.6. The molecule has 0 saturated carbocycles. The third-order valence-electron chi connectivity index (χ3n) is 4.80. The van der Waals surface area contributed by atoms with E-state index in [2.05, 4.69) is 5.32 Å². The van der Waals surface area contributed by atoms with Crippen LogP contribution in [0.25, 0.3) is 0 Å². The lowest BCUT2D eigenvalue weighted by Gasteiger charge is -2.38. The summed E-state index contributed by atoms with van der Waals surface area (Å²) in [5.74, 6) is 0.446. The van der Waals surface area contributed by atoms with Gasteiger partial charge in [0.2, 0.25) is 10.0 Å². The molecule has 0 saturated heterocycles. The van der Waals surface area contributed by atoms with Crippen LogP contribution in [0.15, 0.2) is 47.4 Å². The first-order valence-corrected chi connectivity index (χ1v) is 10.6. The molecule has 7 heteroatoms. The van der Waals surface area contributed by atoms with E-state index in [0.717, 1.165) is 21.2 Å². The number of aryl methyl sites for hydroxylation is 1. The molecule has 3 rings (SSSR count). The highest BCUT2D eigenvalue weighted by Crippen LogP contribution is 2.40. The van der Waals surface area contributed by atoms with Gasteiger partial charge < -0.3 is 10.1 Å². The molecule has 6 nitrogen and oxygen atoms in total. The molecule has 1 atom stereocenters. The number of hydrogen-bond acceptors (Lipinski definition) is 4. The van der Waals surface area contributed by atoms with E-state index in [-0.39, 0.29) is 16.8 Å². The highest BCUT2D eigenvalue weighted by atomic mass is 32.2. The van der Waals surface area contributed by atoms with Crippen molar-refractivity contribution in [1.82, 2.24) is 9.62 Å². The predicted molar refractivity (Wildman–Crippen MR) is 108 cm³/mol. The molecule has 1 amide bonds. The zero-order chi connectivity index (χ0) is 20.7. The number of carbonyl (C=O) groups is 1. The Labute approximate surface area is 166 Å². The molecule has 0 unspecified atom stereocenters. The van der Waals surface area contributed by atoms with Crippen molar-refractivity contribution in [1.29, 1.82) is 0 Å². The van der Waals surface area contributed by atoms with Gasteiger partial charge in [-0.05, 0) is 45.0 Å². The number of amides is 1. The maximum absolute atomic E-state index is 12.9. The quantitative estimate of drug-likeness (QED) is 0.852. The van der Waals surface area contributed by atoms with Crippen LogP contribution in [0, 0.1) is 6.92 Å². The third kappa shape index (κ3) is 4.05. The maximum atomic E-state index is 12.9. The Hall–Kier alpha value is -2.38. The first-order chi connectivity index (χ1) is 13.0. The summed E-state index contributed by atoms with van der Waals surface area (Å²) in [7, 11) is -0.678. The maximum Gasteiger partial charge on any atom is 0.251 e. The van der Waals surface area contributed by atoms with Crippen molar-refractivity contribution in [2.75, 3.05) is 14.1 Å². The van der Waals surface area contributed by atoms with Gasteiger partial charge in [-0.1, -0.05) is 23.8 Å². The largest absolute Gasteiger partial charge is 0.487 e. The molecule has 150 valence electrons. The van der Waals surface area contributed by atoms with Crippen molar-refractivity contribution < 1.29 is 17.9 Å². The summed E-state index contributed by atoms with van der Waals surface area (Å²) in [5.41, 5.74) is 1.91. The molecule has 0 bridgehead atoms. The van der Waals surface area contributed by atoms with E-state index in [1.54, 1.807) is 12.1 Å². The molecule has 1 heterocycles. The summed E-state index contributed by atoms with van der Waals surface area (Å²) in [6.07, 6.45) is 0.616. The molecule has 0 spiro atoms. The number of nitrogens with one attached hydrogen (secondary N) is 1. The number of benzene rings is 2. The van der Waals surface area contributed by atoms with Gasteiger partial charge in [-0.25, -0.2) is 12.7 Å². The van der Waals surface area contributed by atoms with Crippen molar-refractivity contribution in [2.45, 2.75) is 43.7 Å². The zero-order valence-electron chi connectivity index (χ0n) is 16.8. The molecule has 1 N–H and O–H groups in total. The molecule has 0 aliphatic carbocycles. The third-order valence-corrected chi connectivity index (χ3v) is 6.61. The number of hydrogen-bond donors (Lipinski definition) is 1. The Bertz CT molecular complexity index is 1010. The van der Waals surface area contributed by atoms with E-state index in [4.69, 9.17) is 4.74 Å². The Morgan fingerprint density at radius 3 is 2.57 bits per heavy atom. The summed E-state index contributed by atoms with van der Waals surface area (Å²) in [6, 6.07) is 11.8. The van der Waals surface area contributed by atoms with Crippen molar-refractivity contribution in [3.8, 4) is 5.75 Å². The minimum atomic E-state index is -3.61. The van der Waals surface area contributed by atoms with Gasteiger partial charge in [-0.15, -0.1) is 0 Å². The summed E-state index contributed by atoms with van der Waals surface area (Å²) in [5, 5.41) is 3.05. The molecule has 1 aliphatic heterocycles. The van der Waals surface area contributed by atoms with E-state index in [1.165, 1.54) is 26.2 Å². The number of ether oxygens (including phenoxy) is 1. The Balaban J connectivity index is 1.91. The second kappa shape index (κ2) is 7.22. The first-order valence-electron chi connectivity index (χ1n) is 9.13. The summed E-state index contributed by atoms with van der Waals surface area (Å²) in [4.78, 5) is 13.0. The average molecular weight is 403 g/mol. The van der Waals surface area contributed by atoms with Gasteiger partial charge in [0.05, 0.1) is 10.9 Å². The van der Waals surface area contributed by atoms with Crippen LogP contribution in [-0.2, 0) is 10.0 Å². The van der Waals surface area contributed by atoms with E-state index in [9.17, 15) is 13.2 Å². The molecule has 28 heavy (non-hydrogen) atoms. The van der Waals surface area contributed by atoms with E-state index in [0.29, 0.717) is 12.0 Å². The SMILES string of the molecule is Cc1ccc2c(c1)[C@@H](NC(=O)c1cccc(S(=O)(=O)N(C)C)c1)CC(C)(C)O2. The highest BCUT2D eigenvalue weighted by Gasteiger charge is 2.34. The normalized spacial score (nSPS) is 18.3. The van der Waals surface area contributed by atoms with Gasteiger partial charge in [-0.2, -0.15) is 0 Å². The van der Waals surface area contributed by atoms with Crippen LogP contribution >= 0.6 is 0 Å². The molecule has 0 aromatic heterocycles. The van der Waals surface area contributed by atoms with Crippen LogP contribution < -0.4 is 10.1 Å². The van der Waals surface area contributed by atoms with Crippen molar-refractivity contribution in [3.05, 3.63) is 59.2 Å². The second-order valence-corrected chi connectivity index (χ2v) is 10.1. The lowest BCUT2D eigenvalue weighted by molar-refractivity contribution is 0.0619. The summed E-state index contributed by atoms with van der Waals surface area (Å²) < 4.78 is 31.9. The van der Waals surface area contributed by atoms with Gasteiger partial charge in [0.25, 0.3) is 5.91 Å². The standard InChI is InChI=1S/C21H26N2O4S/c1-14-9-10-19-17(11-14)18(13-21(2,3)27-19)22-20(24)15-7-6-8-16(12-15)28(25,26)23(4)5/h6-12,18H,13H2,1-5H3,(H,22,24)/t18-/m0/s1. The monoisotopic (exact) mass is 402 g/mol. The lowest BCUT2D eigenvalue weighted by Crippen LogP contribution is -2.41. The molecule has 0 fully saturated rings. The molecule has 0 radical (unpaired) electrons. The molecular weight excluding hydrogens is 376 g/mol. The van der Waals surface area contributed by atoms with Crippen LogP contribution in [0.2, 0.25) is 0 Å². The second-order valence-electron chi connectivity index (χ2n) is 7.95. The molecule has 2 aromatic rings. The minimum Gasteiger partial charge on any atom is -0.487 e. The smallest absolute Gasteiger partial charge is 0.251 e. The Morgan fingerprint density at radius 1 is 1.18 bits per heavy atom. The van der Waals surface area contributed by atoms with Gasteiger partial charge in [0, 0.05) is 31.6 Å². The van der Waals surface area contributed by atoms with Crippen LogP contribution in [0.4, 0.5) is 0 Å². The number of rotatable bonds is 4. The summed E-state index contributed by atoms with van der Waals surface area (Å²) in [6.45, 7) is 5.97. The topological polar surface area (TPSA) is 75.7 Å². The van der Waals surface area contributed by atoms with Crippen LogP contribution in [0.1, 0.15) is 47.8 Å². The molecule has 2 aromatic carbocycles. The average Bonchev–Trinajstić information content (AvgIpc) is 2.61. The van der Waals surface area contributed by atoms with Gasteiger partial charge in [0.1, 0.15) is 11.4 Å². The number of fused-ring (bicyclic) bond motifs is 1. The fourth-order valence-corrected chi connectivity index (χ4v) is 4.30. The van der Waals surface area contributed by atoms with Gasteiger partial charge >= 0.3 is 0 Å². The molecular formula is C21H26N2O4S. The van der Waals surface area contributed by atoms with Gasteiger partial charge in [0.15, 0.2) is 0 Å². The van der Waals surface area contributed by atoms with Crippen molar-refractivity contribution >= 4 is 15.9 Å². The number of nitrogens with zero attached hydrogens (tertiary/aromatic N) is 1. The van der Waals surface area contributed by atoms with Crippen LogP contribution in [0.5, 0.6) is 5.75 Å². The fraction of sp³-hybridized carbons (Fsp3) is 0.381. The number of sulfonamides is 1.